The van der Waals surface area contributed by atoms with Crippen LogP contribution in [-0.2, 0) is 0 Å². The quantitative estimate of drug-likeness (QED) is 0.596. The molecule has 3 aromatic rings. The molecule has 0 radical (unpaired) electrons. The summed E-state index contributed by atoms with van der Waals surface area (Å²) >= 11 is 0. The largest absolute Gasteiger partial charge is 0.314 e. The second-order valence-corrected chi connectivity index (χ2v) is 3.18. The zero-order valence-corrected chi connectivity index (χ0v) is 7.91. The Bertz CT molecular complexity index is 586. The average molecular weight is 196 g/mol. The van der Waals surface area contributed by atoms with Crippen LogP contribution in [0.1, 0.15) is 0 Å². The molecule has 0 aliphatic rings. The number of fused-ring (bicyclic) bond motifs is 1. The van der Waals surface area contributed by atoms with E-state index in [1.165, 1.54) is 12.7 Å². The highest BCUT2D eigenvalue weighted by atomic mass is 15.0. The predicted molar refractivity (Wildman–Crippen MR) is 56.2 cm³/mol. The molecule has 0 fully saturated rings. The van der Waals surface area contributed by atoms with Gasteiger partial charge in [0, 0.05) is 11.7 Å². The van der Waals surface area contributed by atoms with Crippen molar-refractivity contribution in [3.05, 3.63) is 49.2 Å². The third-order valence-electron chi connectivity index (χ3n) is 2.28. The molecule has 0 atom stereocenters. The highest BCUT2D eigenvalue weighted by molar-refractivity contribution is 5.59. The molecule has 0 spiro atoms. The zero-order valence-electron chi connectivity index (χ0n) is 7.91. The maximum absolute atomic E-state index is 4.14. The molecule has 4 heteroatoms. The number of rotatable bonds is 1. The van der Waals surface area contributed by atoms with Crippen LogP contribution in [0.15, 0.2) is 49.2 Å². The first-order valence-corrected chi connectivity index (χ1v) is 4.63. The molecule has 0 unspecified atom stereocenters. The molecule has 0 aliphatic heterocycles. The van der Waals surface area contributed by atoms with Gasteiger partial charge in [-0.15, -0.1) is 0 Å². The molecule has 3 rings (SSSR count). The Morgan fingerprint density at radius 3 is 2.60 bits per heavy atom. The van der Waals surface area contributed by atoms with Crippen molar-refractivity contribution in [3.8, 4) is 11.5 Å². The molecule has 3 aromatic heterocycles. The van der Waals surface area contributed by atoms with Crippen LogP contribution in [0.3, 0.4) is 0 Å². The Morgan fingerprint density at radius 2 is 1.73 bits per heavy atom. The summed E-state index contributed by atoms with van der Waals surface area (Å²) in [7, 11) is 0. The standard InChI is InChI=1S/C11H8N4/c1-3-9-4-2-6-15(9)10(5-1)11-13-7-12-8-14-11/h1-8H. The minimum absolute atomic E-state index is 0.687. The first kappa shape index (κ1) is 8.11. The minimum atomic E-state index is 0.687. The van der Waals surface area contributed by atoms with Gasteiger partial charge in [0.1, 0.15) is 12.7 Å². The van der Waals surface area contributed by atoms with Gasteiger partial charge < -0.3 is 4.40 Å². The Morgan fingerprint density at radius 1 is 0.933 bits per heavy atom. The van der Waals surface area contributed by atoms with E-state index >= 15 is 0 Å². The summed E-state index contributed by atoms with van der Waals surface area (Å²) < 4.78 is 2.05. The van der Waals surface area contributed by atoms with E-state index < -0.39 is 0 Å². The van der Waals surface area contributed by atoms with Gasteiger partial charge in [0.25, 0.3) is 0 Å². The zero-order chi connectivity index (χ0) is 10.1. The van der Waals surface area contributed by atoms with Crippen LogP contribution in [0.5, 0.6) is 0 Å². The van der Waals surface area contributed by atoms with E-state index in [1.54, 1.807) is 0 Å². The van der Waals surface area contributed by atoms with Crippen LogP contribution in [0, 0.1) is 0 Å². The van der Waals surface area contributed by atoms with E-state index in [2.05, 4.69) is 19.4 Å². The predicted octanol–water partition coefficient (Wildman–Crippen LogP) is 1.79. The molecule has 4 nitrogen and oxygen atoms in total. The van der Waals surface area contributed by atoms with Crippen molar-refractivity contribution in [3.63, 3.8) is 0 Å². The van der Waals surface area contributed by atoms with E-state index in [4.69, 9.17) is 0 Å². The summed E-state index contributed by atoms with van der Waals surface area (Å²) in [4.78, 5) is 12.1. The first-order valence-electron chi connectivity index (χ1n) is 4.63. The van der Waals surface area contributed by atoms with Gasteiger partial charge in [-0.3, -0.25) is 0 Å². The number of hydrogen-bond donors (Lipinski definition) is 0. The maximum Gasteiger partial charge on any atom is 0.179 e. The SMILES string of the molecule is c1cc(-c2ncncn2)n2cccc2c1. The van der Waals surface area contributed by atoms with Gasteiger partial charge in [-0.1, -0.05) is 6.07 Å². The molecule has 0 aromatic carbocycles. The lowest BCUT2D eigenvalue weighted by Crippen LogP contribution is -1.95. The highest BCUT2D eigenvalue weighted by Crippen LogP contribution is 2.16. The lowest BCUT2D eigenvalue weighted by atomic mass is 10.3. The van der Waals surface area contributed by atoms with Crippen LogP contribution in [0.25, 0.3) is 17.0 Å². The van der Waals surface area contributed by atoms with Crippen molar-refractivity contribution in [2.45, 2.75) is 0 Å². The van der Waals surface area contributed by atoms with Crippen molar-refractivity contribution in [1.82, 2.24) is 19.4 Å². The van der Waals surface area contributed by atoms with Crippen molar-refractivity contribution in [2.24, 2.45) is 0 Å². The third kappa shape index (κ3) is 1.27. The van der Waals surface area contributed by atoms with Gasteiger partial charge in [0.05, 0.1) is 5.69 Å². The number of nitrogens with zero attached hydrogens (tertiary/aromatic N) is 4. The second kappa shape index (κ2) is 3.16. The Kier molecular flexibility index (Phi) is 1.71. The van der Waals surface area contributed by atoms with Gasteiger partial charge in [-0.05, 0) is 24.3 Å². The van der Waals surface area contributed by atoms with Crippen LogP contribution < -0.4 is 0 Å². The van der Waals surface area contributed by atoms with E-state index in [0.29, 0.717) is 5.82 Å². The minimum Gasteiger partial charge on any atom is -0.314 e. The fourth-order valence-electron chi connectivity index (χ4n) is 1.62. The van der Waals surface area contributed by atoms with Crippen LogP contribution in [0.4, 0.5) is 0 Å². The number of pyridine rings is 1. The lowest BCUT2D eigenvalue weighted by molar-refractivity contribution is 1.03. The summed E-state index contributed by atoms with van der Waals surface area (Å²) in [5, 5.41) is 0. The van der Waals surface area contributed by atoms with Crippen molar-refractivity contribution < 1.29 is 0 Å². The first-order chi connectivity index (χ1) is 7.45. The van der Waals surface area contributed by atoms with E-state index in [1.807, 2.05) is 36.5 Å². The summed E-state index contributed by atoms with van der Waals surface area (Å²) in [5.41, 5.74) is 2.10. The summed E-state index contributed by atoms with van der Waals surface area (Å²) in [6.07, 6.45) is 5.00. The van der Waals surface area contributed by atoms with Crippen molar-refractivity contribution in [2.75, 3.05) is 0 Å². The molecular formula is C11H8N4. The van der Waals surface area contributed by atoms with Gasteiger partial charge in [0.2, 0.25) is 0 Å². The molecule has 0 saturated heterocycles. The fourth-order valence-corrected chi connectivity index (χ4v) is 1.62. The average Bonchev–Trinajstić information content (AvgIpc) is 2.78. The molecule has 0 bridgehead atoms. The maximum atomic E-state index is 4.14. The van der Waals surface area contributed by atoms with Gasteiger partial charge in [-0.25, -0.2) is 15.0 Å². The molecule has 0 N–H and O–H groups in total. The van der Waals surface area contributed by atoms with Gasteiger partial charge in [0.15, 0.2) is 5.82 Å². The third-order valence-corrected chi connectivity index (χ3v) is 2.28. The molecule has 72 valence electrons. The molecule has 0 amide bonds. The Hall–Kier alpha value is -2.23. The van der Waals surface area contributed by atoms with Crippen molar-refractivity contribution in [1.29, 1.82) is 0 Å². The molecule has 0 saturated carbocycles. The molecule has 3 heterocycles. The van der Waals surface area contributed by atoms with Crippen molar-refractivity contribution >= 4 is 5.52 Å². The molecule has 15 heavy (non-hydrogen) atoms. The lowest BCUT2D eigenvalue weighted by Gasteiger charge is -2.03. The second-order valence-electron chi connectivity index (χ2n) is 3.18. The highest BCUT2D eigenvalue weighted by Gasteiger charge is 2.03. The number of hydrogen-bond acceptors (Lipinski definition) is 3. The molecule has 0 aliphatic carbocycles. The normalized spacial score (nSPS) is 10.7. The van der Waals surface area contributed by atoms with Crippen LogP contribution in [-0.4, -0.2) is 19.4 Å². The summed E-state index contributed by atoms with van der Waals surface area (Å²) in [6, 6.07) is 10.1. The monoisotopic (exact) mass is 196 g/mol. The van der Waals surface area contributed by atoms with Gasteiger partial charge >= 0.3 is 0 Å². The Labute approximate surface area is 86.3 Å². The topological polar surface area (TPSA) is 43.1 Å². The van der Waals surface area contributed by atoms with Gasteiger partial charge in [-0.2, -0.15) is 0 Å². The van der Waals surface area contributed by atoms with E-state index in [9.17, 15) is 0 Å². The fraction of sp³-hybridized carbons (Fsp3) is 0. The summed E-state index contributed by atoms with van der Waals surface area (Å²) in [6.45, 7) is 0. The van der Waals surface area contributed by atoms with E-state index in [-0.39, 0.29) is 0 Å². The summed E-state index contributed by atoms with van der Waals surface area (Å²) in [5.74, 6) is 0.687. The van der Waals surface area contributed by atoms with Crippen LogP contribution in [0.2, 0.25) is 0 Å². The van der Waals surface area contributed by atoms with Crippen LogP contribution >= 0.6 is 0 Å². The number of aromatic nitrogens is 4. The Balaban J connectivity index is 2.31. The molecular weight excluding hydrogens is 188 g/mol. The van der Waals surface area contributed by atoms with E-state index in [0.717, 1.165) is 11.2 Å². The smallest absolute Gasteiger partial charge is 0.179 e.